The monoisotopic (exact) mass is 405 g/mol. The zero-order chi connectivity index (χ0) is 21.7. The van der Waals surface area contributed by atoms with Crippen LogP contribution in [0.5, 0.6) is 5.75 Å². The van der Waals surface area contributed by atoms with Crippen molar-refractivity contribution in [1.82, 2.24) is 9.97 Å². The second kappa shape index (κ2) is 8.82. The predicted molar refractivity (Wildman–Crippen MR) is 112 cm³/mol. The number of aromatic hydroxyl groups is 1. The molecule has 0 aliphatic heterocycles. The van der Waals surface area contributed by atoms with E-state index in [2.05, 4.69) is 25.9 Å². The summed E-state index contributed by atoms with van der Waals surface area (Å²) in [5, 5.41) is 17.4. The number of carbonyl (C=O) groups excluding carboxylic acids is 3. The topological polar surface area (TPSA) is 133 Å². The van der Waals surface area contributed by atoms with Crippen molar-refractivity contribution in [3.8, 4) is 17.1 Å². The van der Waals surface area contributed by atoms with Crippen molar-refractivity contribution in [2.75, 3.05) is 16.0 Å². The van der Waals surface area contributed by atoms with Crippen molar-refractivity contribution in [3.63, 3.8) is 0 Å². The molecule has 0 spiro atoms. The fourth-order valence-electron chi connectivity index (χ4n) is 2.70. The Morgan fingerprint density at radius 2 is 1.40 bits per heavy atom. The summed E-state index contributed by atoms with van der Waals surface area (Å²) in [6, 6.07) is 11.0. The van der Waals surface area contributed by atoms with Gasteiger partial charge in [0.05, 0.1) is 18.1 Å². The molecule has 1 aromatic heterocycles. The Balaban J connectivity index is 1.80. The van der Waals surface area contributed by atoms with Crippen molar-refractivity contribution >= 4 is 34.8 Å². The molecule has 1 heterocycles. The van der Waals surface area contributed by atoms with Gasteiger partial charge in [-0.3, -0.25) is 14.4 Å². The molecular weight excluding hydrogens is 386 g/mol. The van der Waals surface area contributed by atoms with Crippen LogP contribution >= 0.6 is 0 Å². The minimum absolute atomic E-state index is 0.0995. The van der Waals surface area contributed by atoms with E-state index < -0.39 is 5.91 Å². The van der Waals surface area contributed by atoms with Crippen molar-refractivity contribution in [1.29, 1.82) is 0 Å². The highest BCUT2D eigenvalue weighted by molar-refractivity contribution is 6.06. The first-order valence-electron chi connectivity index (χ1n) is 8.93. The summed E-state index contributed by atoms with van der Waals surface area (Å²) < 4.78 is 0. The maximum absolute atomic E-state index is 12.7. The number of hydrogen-bond acceptors (Lipinski definition) is 6. The molecule has 0 saturated carbocycles. The number of amides is 3. The third kappa shape index (κ3) is 5.38. The number of carbonyl (C=O) groups is 3. The van der Waals surface area contributed by atoms with Gasteiger partial charge < -0.3 is 21.1 Å². The number of phenolic OH excluding ortho intramolecular Hbond substituents is 1. The molecule has 3 rings (SSSR count). The van der Waals surface area contributed by atoms with Gasteiger partial charge in [0.1, 0.15) is 5.75 Å². The number of benzene rings is 2. The van der Waals surface area contributed by atoms with Gasteiger partial charge in [-0.25, -0.2) is 9.97 Å². The van der Waals surface area contributed by atoms with Crippen LogP contribution in [0.4, 0.5) is 17.1 Å². The Morgan fingerprint density at radius 1 is 0.800 bits per heavy atom. The van der Waals surface area contributed by atoms with E-state index in [4.69, 9.17) is 0 Å². The fraction of sp³-hybridized carbons (Fsp3) is 0.0952. The normalized spacial score (nSPS) is 10.2. The molecule has 0 atom stereocenters. The van der Waals surface area contributed by atoms with Crippen LogP contribution < -0.4 is 16.0 Å². The van der Waals surface area contributed by atoms with E-state index in [1.165, 1.54) is 44.4 Å². The van der Waals surface area contributed by atoms with Crippen LogP contribution in [0.3, 0.4) is 0 Å². The smallest absolute Gasteiger partial charge is 0.255 e. The summed E-state index contributed by atoms with van der Waals surface area (Å²) in [5.74, 6) is -0.593. The van der Waals surface area contributed by atoms with E-state index in [1.54, 1.807) is 24.3 Å². The van der Waals surface area contributed by atoms with E-state index in [0.717, 1.165) is 0 Å². The standard InChI is InChI=1S/C21H19N5O4/c1-12(27)24-16-6-15(7-17(9-16)25-13(2)28)21(30)26-18-10-22-20(23-11-18)14-4-3-5-19(29)8-14/h3-11,29H,1-2H3,(H,24,27)(H,25,28)(H,26,30). The molecule has 152 valence electrons. The molecular formula is C21H19N5O4. The fourth-order valence-corrected chi connectivity index (χ4v) is 2.70. The Labute approximate surface area is 172 Å². The molecule has 0 aliphatic rings. The number of phenols is 1. The number of hydrogen-bond donors (Lipinski definition) is 4. The van der Waals surface area contributed by atoms with Crippen molar-refractivity contribution in [2.24, 2.45) is 0 Å². The third-order valence-corrected chi connectivity index (χ3v) is 3.85. The molecule has 2 aromatic carbocycles. The van der Waals surface area contributed by atoms with Crippen molar-refractivity contribution < 1.29 is 19.5 Å². The second-order valence-corrected chi connectivity index (χ2v) is 6.46. The molecule has 0 radical (unpaired) electrons. The largest absolute Gasteiger partial charge is 0.508 e. The van der Waals surface area contributed by atoms with Gasteiger partial charge >= 0.3 is 0 Å². The van der Waals surface area contributed by atoms with Crippen LogP contribution in [-0.2, 0) is 9.59 Å². The van der Waals surface area contributed by atoms with Gasteiger partial charge in [-0.2, -0.15) is 0 Å². The van der Waals surface area contributed by atoms with Crippen LogP contribution in [0.2, 0.25) is 0 Å². The number of anilines is 3. The van der Waals surface area contributed by atoms with Gasteiger partial charge in [0.2, 0.25) is 11.8 Å². The second-order valence-electron chi connectivity index (χ2n) is 6.46. The summed E-state index contributed by atoms with van der Waals surface area (Å²) in [6.07, 6.45) is 2.88. The highest BCUT2D eigenvalue weighted by Gasteiger charge is 2.12. The first kappa shape index (κ1) is 20.5. The summed E-state index contributed by atoms with van der Waals surface area (Å²) in [6.45, 7) is 2.69. The molecule has 3 amide bonds. The Morgan fingerprint density at radius 3 is 1.93 bits per heavy atom. The van der Waals surface area contributed by atoms with Gasteiger partial charge in [-0.1, -0.05) is 12.1 Å². The minimum Gasteiger partial charge on any atom is -0.508 e. The van der Waals surface area contributed by atoms with E-state index >= 15 is 0 Å². The quantitative estimate of drug-likeness (QED) is 0.516. The summed E-state index contributed by atoms with van der Waals surface area (Å²) >= 11 is 0. The zero-order valence-corrected chi connectivity index (χ0v) is 16.3. The van der Waals surface area contributed by atoms with Gasteiger partial charge in [0.15, 0.2) is 5.82 Å². The molecule has 0 unspecified atom stereocenters. The van der Waals surface area contributed by atoms with Gasteiger partial charge in [-0.15, -0.1) is 0 Å². The highest BCUT2D eigenvalue weighted by atomic mass is 16.3. The van der Waals surface area contributed by atoms with Crippen LogP contribution in [0.25, 0.3) is 11.4 Å². The van der Waals surface area contributed by atoms with E-state index in [0.29, 0.717) is 28.5 Å². The third-order valence-electron chi connectivity index (χ3n) is 3.85. The zero-order valence-electron chi connectivity index (χ0n) is 16.3. The maximum Gasteiger partial charge on any atom is 0.255 e. The Bertz CT molecular complexity index is 1080. The Kier molecular flexibility index (Phi) is 6.02. The molecule has 0 aliphatic carbocycles. The number of nitrogens with zero attached hydrogens (tertiary/aromatic N) is 2. The number of aromatic nitrogens is 2. The van der Waals surface area contributed by atoms with E-state index in [9.17, 15) is 19.5 Å². The van der Waals surface area contributed by atoms with E-state index in [1.807, 2.05) is 0 Å². The highest BCUT2D eigenvalue weighted by Crippen LogP contribution is 2.22. The predicted octanol–water partition coefficient (Wildman–Crippen LogP) is 3.02. The van der Waals surface area contributed by atoms with Crippen molar-refractivity contribution in [3.05, 3.63) is 60.4 Å². The van der Waals surface area contributed by atoms with Crippen LogP contribution in [-0.4, -0.2) is 32.8 Å². The Hall–Kier alpha value is -4.27. The average molecular weight is 405 g/mol. The first-order chi connectivity index (χ1) is 14.3. The van der Waals surface area contributed by atoms with Crippen LogP contribution in [0.1, 0.15) is 24.2 Å². The minimum atomic E-state index is -0.470. The molecule has 0 fully saturated rings. The van der Waals surface area contributed by atoms with Gasteiger partial charge in [0, 0.05) is 36.3 Å². The molecule has 0 bridgehead atoms. The lowest BCUT2D eigenvalue weighted by Crippen LogP contribution is -2.15. The van der Waals surface area contributed by atoms with Gasteiger partial charge in [0.25, 0.3) is 5.91 Å². The summed E-state index contributed by atoms with van der Waals surface area (Å²) in [5.41, 5.74) is 1.96. The first-order valence-corrected chi connectivity index (χ1v) is 8.93. The van der Waals surface area contributed by atoms with Crippen molar-refractivity contribution in [2.45, 2.75) is 13.8 Å². The molecule has 30 heavy (non-hydrogen) atoms. The lowest BCUT2D eigenvalue weighted by atomic mass is 10.1. The van der Waals surface area contributed by atoms with Crippen LogP contribution in [0.15, 0.2) is 54.9 Å². The van der Waals surface area contributed by atoms with E-state index in [-0.39, 0.29) is 23.1 Å². The molecule has 4 N–H and O–H groups in total. The molecule has 9 heteroatoms. The molecule has 9 nitrogen and oxygen atoms in total. The lowest BCUT2D eigenvalue weighted by Gasteiger charge is -2.11. The van der Waals surface area contributed by atoms with Crippen LogP contribution in [0, 0.1) is 0 Å². The number of rotatable bonds is 5. The van der Waals surface area contributed by atoms with Gasteiger partial charge in [-0.05, 0) is 30.3 Å². The maximum atomic E-state index is 12.7. The molecule has 0 saturated heterocycles. The lowest BCUT2D eigenvalue weighted by molar-refractivity contribution is -0.115. The summed E-state index contributed by atoms with van der Waals surface area (Å²) in [4.78, 5) is 43.8. The summed E-state index contributed by atoms with van der Waals surface area (Å²) in [7, 11) is 0. The average Bonchev–Trinajstić information content (AvgIpc) is 2.67. The molecule has 3 aromatic rings. The number of nitrogens with one attached hydrogen (secondary N) is 3. The SMILES string of the molecule is CC(=O)Nc1cc(NC(C)=O)cc(C(=O)Nc2cnc(-c3cccc(O)c3)nc2)c1.